The summed E-state index contributed by atoms with van der Waals surface area (Å²) >= 11 is 0. The molecule has 1 amide bonds. The SMILES string of the molecule is CCCC(=O)CC[C@@H](NC(=O)OC(C)(C)C)C(=O)OC. The molecule has 0 saturated carbocycles. The summed E-state index contributed by atoms with van der Waals surface area (Å²) < 4.78 is 9.69. The Morgan fingerprint density at radius 1 is 1.15 bits per heavy atom. The first-order chi connectivity index (χ1) is 9.19. The van der Waals surface area contributed by atoms with Crippen LogP contribution in [0.3, 0.4) is 0 Å². The van der Waals surface area contributed by atoms with Crippen LogP contribution in [0.2, 0.25) is 0 Å². The molecule has 6 heteroatoms. The van der Waals surface area contributed by atoms with Crippen molar-refractivity contribution in [3.8, 4) is 0 Å². The zero-order valence-corrected chi connectivity index (χ0v) is 12.9. The maximum absolute atomic E-state index is 11.6. The molecule has 0 aromatic carbocycles. The molecule has 1 atom stereocenters. The van der Waals surface area contributed by atoms with Crippen LogP contribution in [0.25, 0.3) is 0 Å². The molecule has 0 radical (unpaired) electrons. The maximum atomic E-state index is 11.6. The van der Waals surface area contributed by atoms with Crippen LogP contribution in [0, 0.1) is 0 Å². The van der Waals surface area contributed by atoms with Crippen LogP contribution in [0.15, 0.2) is 0 Å². The first-order valence-electron chi connectivity index (χ1n) is 6.78. The Morgan fingerprint density at radius 3 is 2.20 bits per heavy atom. The molecule has 0 fully saturated rings. The highest BCUT2D eigenvalue weighted by atomic mass is 16.6. The van der Waals surface area contributed by atoms with E-state index in [1.807, 2.05) is 6.92 Å². The average molecular weight is 287 g/mol. The number of carbonyl (C=O) groups is 3. The summed E-state index contributed by atoms with van der Waals surface area (Å²) in [4.78, 5) is 34.7. The number of esters is 1. The van der Waals surface area contributed by atoms with Crippen LogP contribution in [0.4, 0.5) is 4.79 Å². The van der Waals surface area contributed by atoms with Crippen LogP contribution in [-0.4, -0.2) is 36.6 Å². The molecule has 0 unspecified atom stereocenters. The van der Waals surface area contributed by atoms with Gasteiger partial charge in [0, 0.05) is 12.8 Å². The van der Waals surface area contributed by atoms with Crippen LogP contribution < -0.4 is 5.32 Å². The van der Waals surface area contributed by atoms with Crippen molar-refractivity contribution in [1.82, 2.24) is 5.32 Å². The van der Waals surface area contributed by atoms with Crippen LogP contribution in [0.1, 0.15) is 53.4 Å². The highest BCUT2D eigenvalue weighted by Crippen LogP contribution is 2.09. The van der Waals surface area contributed by atoms with E-state index in [1.165, 1.54) is 7.11 Å². The minimum atomic E-state index is -0.865. The lowest BCUT2D eigenvalue weighted by atomic mass is 10.1. The molecular formula is C14H25NO5. The van der Waals surface area contributed by atoms with Crippen molar-refractivity contribution >= 4 is 17.8 Å². The van der Waals surface area contributed by atoms with Gasteiger partial charge in [-0.2, -0.15) is 0 Å². The van der Waals surface area contributed by atoms with E-state index in [0.29, 0.717) is 6.42 Å². The highest BCUT2D eigenvalue weighted by molar-refractivity contribution is 5.83. The molecule has 0 spiro atoms. The van der Waals surface area contributed by atoms with Crippen molar-refractivity contribution in [2.45, 2.75) is 65.0 Å². The normalized spacial score (nSPS) is 12.4. The molecule has 0 aliphatic carbocycles. The number of carbonyl (C=O) groups excluding carboxylic acids is 3. The summed E-state index contributed by atoms with van der Waals surface area (Å²) in [7, 11) is 1.24. The number of hydrogen-bond acceptors (Lipinski definition) is 5. The van der Waals surface area contributed by atoms with Gasteiger partial charge in [-0.25, -0.2) is 9.59 Å². The third-order valence-electron chi connectivity index (χ3n) is 2.42. The molecule has 0 aliphatic heterocycles. The number of rotatable bonds is 7. The molecule has 0 saturated heterocycles. The number of nitrogens with one attached hydrogen (secondary N) is 1. The van der Waals surface area contributed by atoms with Gasteiger partial charge in [0.15, 0.2) is 0 Å². The fourth-order valence-electron chi connectivity index (χ4n) is 1.55. The van der Waals surface area contributed by atoms with E-state index in [2.05, 4.69) is 10.1 Å². The van der Waals surface area contributed by atoms with Crippen LogP contribution in [-0.2, 0) is 19.1 Å². The topological polar surface area (TPSA) is 81.7 Å². The molecular weight excluding hydrogens is 262 g/mol. The second kappa shape index (κ2) is 8.55. The van der Waals surface area contributed by atoms with Gasteiger partial charge in [0.05, 0.1) is 7.11 Å². The molecule has 0 heterocycles. The van der Waals surface area contributed by atoms with Gasteiger partial charge >= 0.3 is 12.1 Å². The van der Waals surface area contributed by atoms with Crippen molar-refractivity contribution in [2.75, 3.05) is 7.11 Å². The van der Waals surface area contributed by atoms with Crippen molar-refractivity contribution in [1.29, 1.82) is 0 Å². The summed E-state index contributed by atoms with van der Waals surface area (Å²) in [5.74, 6) is -0.521. The van der Waals surface area contributed by atoms with Gasteiger partial charge in [-0.1, -0.05) is 6.92 Å². The van der Waals surface area contributed by atoms with E-state index in [0.717, 1.165) is 6.42 Å². The van der Waals surface area contributed by atoms with Crippen molar-refractivity contribution in [3.63, 3.8) is 0 Å². The second-order valence-corrected chi connectivity index (χ2v) is 5.55. The van der Waals surface area contributed by atoms with Gasteiger partial charge in [0.1, 0.15) is 17.4 Å². The van der Waals surface area contributed by atoms with E-state index >= 15 is 0 Å². The average Bonchev–Trinajstić information content (AvgIpc) is 2.31. The first kappa shape index (κ1) is 18.4. The summed E-state index contributed by atoms with van der Waals surface area (Å²) in [6.45, 7) is 7.09. The molecule has 0 aliphatic rings. The molecule has 0 rings (SSSR count). The Balaban J connectivity index is 4.46. The molecule has 6 nitrogen and oxygen atoms in total. The summed E-state index contributed by atoms with van der Waals surface area (Å²) in [5.41, 5.74) is -0.650. The lowest BCUT2D eigenvalue weighted by Gasteiger charge is -2.22. The third-order valence-corrected chi connectivity index (χ3v) is 2.42. The third kappa shape index (κ3) is 8.50. The number of amides is 1. The Hall–Kier alpha value is -1.59. The smallest absolute Gasteiger partial charge is 0.408 e. The van der Waals surface area contributed by atoms with E-state index in [4.69, 9.17) is 4.74 Å². The van der Waals surface area contributed by atoms with Gasteiger partial charge < -0.3 is 14.8 Å². The fourth-order valence-corrected chi connectivity index (χ4v) is 1.55. The maximum Gasteiger partial charge on any atom is 0.408 e. The van der Waals surface area contributed by atoms with Crippen LogP contribution >= 0.6 is 0 Å². The Morgan fingerprint density at radius 2 is 1.75 bits per heavy atom. The summed E-state index contributed by atoms with van der Waals surface area (Å²) in [6.07, 6.45) is 0.978. The van der Waals surface area contributed by atoms with Gasteiger partial charge in [0.25, 0.3) is 0 Å². The number of hydrogen-bond donors (Lipinski definition) is 1. The Kier molecular flexibility index (Phi) is 7.87. The van der Waals surface area contributed by atoms with Crippen molar-refractivity contribution in [3.05, 3.63) is 0 Å². The van der Waals surface area contributed by atoms with Gasteiger partial charge in [-0.3, -0.25) is 4.79 Å². The molecule has 1 N–H and O–H groups in total. The van der Waals surface area contributed by atoms with E-state index in [1.54, 1.807) is 20.8 Å². The quantitative estimate of drug-likeness (QED) is 0.726. The monoisotopic (exact) mass is 287 g/mol. The zero-order chi connectivity index (χ0) is 15.8. The summed E-state index contributed by atoms with van der Waals surface area (Å²) in [6, 6.07) is -0.865. The molecule has 116 valence electrons. The predicted octanol–water partition coefficient (Wildman–Crippen LogP) is 2.20. The predicted molar refractivity (Wildman–Crippen MR) is 74.3 cm³/mol. The number of ketones is 1. The van der Waals surface area contributed by atoms with Gasteiger partial charge in [-0.15, -0.1) is 0 Å². The number of alkyl carbamates (subject to hydrolysis) is 1. The lowest BCUT2D eigenvalue weighted by Crippen LogP contribution is -2.44. The number of ether oxygens (including phenoxy) is 2. The minimum absolute atomic E-state index is 0.0624. The Labute approximate surface area is 120 Å². The second-order valence-electron chi connectivity index (χ2n) is 5.55. The summed E-state index contributed by atoms with van der Waals surface area (Å²) in [5, 5.41) is 2.43. The molecule has 0 aromatic heterocycles. The van der Waals surface area contributed by atoms with E-state index in [9.17, 15) is 14.4 Å². The first-order valence-corrected chi connectivity index (χ1v) is 6.78. The fraction of sp³-hybridized carbons (Fsp3) is 0.786. The van der Waals surface area contributed by atoms with Crippen LogP contribution in [0.5, 0.6) is 0 Å². The molecule has 20 heavy (non-hydrogen) atoms. The number of methoxy groups -OCH3 is 1. The minimum Gasteiger partial charge on any atom is -0.467 e. The van der Waals surface area contributed by atoms with Crippen molar-refractivity contribution in [2.24, 2.45) is 0 Å². The van der Waals surface area contributed by atoms with Gasteiger partial charge in [0.2, 0.25) is 0 Å². The standard InChI is InChI=1S/C14H25NO5/c1-6-7-10(16)8-9-11(12(17)19-5)15-13(18)20-14(2,3)4/h11H,6-9H2,1-5H3,(H,15,18)/t11-/m1/s1. The number of Topliss-reactive ketones (excluding diaryl/α,β-unsaturated/α-hetero) is 1. The lowest BCUT2D eigenvalue weighted by molar-refractivity contribution is -0.143. The largest absolute Gasteiger partial charge is 0.467 e. The molecule has 0 bridgehead atoms. The van der Waals surface area contributed by atoms with E-state index in [-0.39, 0.29) is 18.6 Å². The Bertz CT molecular complexity index is 346. The van der Waals surface area contributed by atoms with Crippen molar-refractivity contribution < 1.29 is 23.9 Å². The molecule has 0 aromatic rings. The highest BCUT2D eigenvalue weighted by Gasteiger charge is 2.25. The van der Waals surface area contributed by atoms with Gasteiger partial charge in [-0.05, 0) is 33.6 Å². The van der Waals surface area contributed by atoms with E-state index < -0.39 is 23.7 Å². The zero-order valence-electron chi connectivity index (χ0n) is 12.9.